The van der Waals surface area contributed by atoms with Gasteiger partial charge in [-0.1, -0.05) is 212 Å². The lowest BCUT2D eigenvalue weighted by atomic mass is 9.67. The van der Waals surface area contributed by atoms with Gasteiger partial charge in [-0.3, -0.25) is 0 Å². The first-order chi connectivity index (χ1) is 30.2. The molecular formula is C59H38N2. The Balaban J connectivity index is 1.02. The molecule has 0 radical (unpaired) electrons. The minimum atomic E-state index is -0.500. The largest absolute Gasteiger partial charge is 0.228 e. The van der Waals surface area contributed by atoms with Gasteiger partial charge in [0.05, 0.1) is 16.8 Å². The molecule has 284 valence electrons. The Morgan fingerprint density at radius 1 is 0.295 bits per heavy atom. The number of nitrogens with zero attached hydrogens (tertiary/aromatic N) is 2. The van der Waals surface area contributed by atoms with E-state index in [0.717, 1.165) is 28.1 Å². The van der Waals surface area contributed by atoms with E-state index < -0.39 is 5.41 Å². The molecule has 12 rings (SSSR count). The van der Waals surface area contributed by atoms with E-state index in [1.165, 1.54) is 76.8 Å². The van der Waals surface area contributed by atoms with Crippen LogP contribution in [0.15, 0.2) is 231 Å². The number of hydrogen-bond donors (Lipinski definition) is 0. The molecule has 0 atom stereocenters. The normalized spacial score (nSPS) is 12.7. The van der Waals surface area contributed by atoms with Crippen molar-refractivity contribution in [2.24, 2.45) is 0 Å². The van der Waals surface area contributed by atoms with Gasteiger partial charge >= 0.3 is 0 Å². The van der Waals surface area contributed by atoms with E-state index in [1.807, 2.05) is 6.07 Å². The summed E-state index contributed by atoms with van der Waals surface area (Å²) in [7, 11) is 0. The lowest BCUT2D eigenvalue weighted by Crippen LogP contribution is -2.28. The molecule has 0 bridgehead atoms. The molecule has 1 aromatic heterocycles. The Bertz CT molecular complexity index is 3410. The number of benzene rings is 10. The van der Waals surface area contributed by atoms with Crippen molar-refractivity contribution >= 4 is 32.3 Å². The van der Waals surface area contributed by atoms with Gasteiger partial charge in [-0.05, 0) is 95.0 Å². The Morgan fingerprint density at radius 3 is 1.62 bits per heavy atom. The molecule has 0 spiro atoms. The van der Waals surface area contributed by atoms with Crippen molar-refractivity contribution in [2.45, 2.75) is 5.41 Å². The number of fused-ring (bicyclic) bond motifs is 7. The monoisotopic (exact) mass is 774 g/mol. The molecule has 0 fully saturated rings. The van der Waals surface area contributed by atoms with Crippen LogP contribution in [-0.2, 0) is 5.41 Å². The Labute approximate surface area is 355 Å². The second-order valence-corrected chi connectivity index (χ2v) is 16.0. The summed E-state index contributed by atoms with van der Waals surface area (Å²) in [6.07, 6.45) is 0. The van der Waals surface area contributed by atoms with Crippen molar-refractivity contribution in [1.29, 1.82) is 0 Å². The van der Waals surface area contributed by atoms with Gasteiger partial charge in [-0.2, -0.15) is 0 Å². The average molecular weight is 775 g/mol. The molecule has 2 nitrogen and oxygen atoms in total. The molecule has 1 aliphatic rings. The highest BCUT2D eigenvalue weighted by Crippen LogP contribution is 2.58. The molecule has 0 amide bonds. The standard InChI is InChI=1S/C59H38N2/c1-4-16-41(17-5-1)58-60-55(40-32-30-39(31-33-40)47-25-14-26-48-49(47)35-34-44-36-42-18-10-11-19-43(42)37-52(44)48)38-56(61-58)51-27-15-29-54-57(51)50-24-12-13-28-53(50)59(54,45-20-6-2-7-21-45)46-22-8-3-9-23-46/h1-38H. The van der Waals surface area contributed by atoms with E-state index in [-0.39, 0.29) is 0 Å². The minimum absolute atomic E-state index is 0.500. The highest BCUT2D eigenvalue weighted by molar-refractivity contribution is 6.15. The molecule has 0 saturated heterocycles. The summed E-state index contributed by atoms with van der Waals surface area (Å²) in [5.74, 6) is 0.701. The van der Waals surface area contributed by atoms with Crippen LogP contribution in [0.1, 0.15) is 22.3 Å². The lowest BCUT2D eigenvalue weighted by Gasteiger charge is -2.33. The summed E-state index contributed by atoms with van der Waals surface area (Å²) in [4.78, 5) is 10.6. The zero-order chi connectivity index (χ0) is 40.3. The van der Waals surface area contributed by atoms with Crippen molar-refractivity contribution in [3.05, 3.63) is 253 Å². The number of aromatic nitrogens is 2. The first-order valence-corrected chi connectivity index (χ1v) is 21.0. The van der Waals surface area contributed by atoms with Crippen LogP contribution < -0.4 is 0 Å². The van der Waals surface area contributed by atoms with E-state index in [4.69, 9.17) is 9.97 Å². The fourth-order valence-corrected chi connectivity index (χ4v) is 10.0. The Kier molecular flexibility index (Phi) is 8.11. The van der Waals surface area contributed by atoms with Crippen molar-refractivity contribution < 1.29 is 0 Å². The summed E-state index contributed by atoms with van der Waals surface area (Å²) < 4.78 is 0. The maximum atomic E-state index is 5.38. The number of hydrogen-bond acceptors (Lipinski definition) is 2. The third kappa shape index (κ3) is 5.57. The summed E-state index contributed by atoms with van der Waals surface area (Å²) in [5.41, 5.74) is 14.2. The van der Waals surface area contributed by atoms with Crippen LogP contribution in [0.3, 0.4) is 0 Å². The van der Waals surface area contributed by atoms with Gasteiger partial charge in [0.15, 0.2) is 5.82 Å². The van der Waals surface area contributed by atoms with Crippen molar-refractivity contribution in [2.75, 3.05) is 0 Å². The van der Waals surface area contributed by atoms with E-state index >= 15 is 0 Å². The SMILES string of the molecule is c1ccc(-c2nc(-c3ccc(-c4cccc5c4ccc4cc6ccccc6cc45)cc3)cc(-c3cccc4c3-c3ccccc3C4(c3ccccc3)c3ccccc3)n2)cc1. The molecule has 11 aromatic rings. The van der Waals surface area contributed by atoms with Gasteiger partial charge in [0.1, 0.15) is 0 Å². The van der Waals surface area contributed by atoms with Crippen LogP contribution in [0.25, 0.3) is 88.5 Å². The predicted octanol–water partition coefficient (Wildman–Crippen LogP) is 15.0. The molecule has 0 N–H and O–H groups in total. The zero-order valence-electron chi connectivity index (χ0n) is 33.3. The Hall–Kier alpha value is -7.94. The van der Waals surface area contributed by atoms with Gasteiger partial charge in [0, 0.05) is 16.7 Å². The van der Waals surface area contributed by atoms with Crippen LogP contribution in [0, 0.1) is 0 Å². The van der Waals surface area contributed by atoms with Gasteiger partial charge in [0.25, 0.3) is 0 Å². The zero-order valence-corrected chi connectivity index (χ0v) is 33.3. The average Bonchev–Trinajstić information content (AvgIpc) is 3.65. The molecular weight excluding hydrogens is 737 g/mol. The summed E-state index contributed by atoms with van der Waals surface area (Å²) in [6.45, 7) is 0. The molecule has 1 heterocycles. The van der Waals surface area contributed by atoms with Crippen LogP contribution in [0.5, 0.6) is 0 Å². The van der Waals surface area contributed by atoms with Gasteiger partial charge in [-0.25, -0.2) is 9.97 Å². The van der Waals surface area contributed by atoms with E-state index in [2.05, 4.69) is 224 Å². The molecule has 1 aliphatic carbocycles. The first kappa shape index (κ1) is 35.0. The smallest absolute Gasteiger partial charge is 0.160 e. The van der Waals surface area contributed by atoms with Crippen LogP contribution in [0.4, 0.5) is 0 Å². The first-order valence-electron chi connectivity index (χ1n) is 21.0. The summed E-state index contributed by atoms with van der Waals surface area (Å²) in [5, 5.41) is 7.56. The van der Waals surface area contributed by atoms with Crippen LogP contribution >= 0.6 is 0 Å². The summed E-state index contributed by atoms with van der Waals surface area (Å²) >= 11 is 0. The quantitative estimate of drug-likeness (QED) is 0.124. The number of rotatable bonds is 6. The van der Waals surface area contributed by atoms with Gasteiger partial charge in [-0.15, -0.1) is 0 Å². The predicted molar refractivity (Wildman–Crippen MR) is 254 cm³/mol. The van der Waals surface area contributed by atoms with Crippen LogP contribution in [-0.4, -0.2) is 9.97 Å². The van der Waals surface area contributed by atoms with E-state index in [0.29, 0.717) is 5.82 Å². The second kappa shape index (κ2) is 14.1. The fraction of sp³-hybridized carbons (Fsp3) is 0.0169. The van der Waals surface area contributed by atoms with E-state index in [9.17, 15) is 0 Å². The van der Waals surface area contributed by atoms with Gasteiger partial charge < -0.3 is 0 Å². The summed E-state index contributed by atoms with van der Waals surface area (Å²) in [6, 6.07) is 83.5. The highest BCUT2D eigenvalue weighted by atomic mass is 14.9. The maximum Gasteiger partial charge on any atom is 0.160 e. The van der Waals surface area contributed by atoms with Crippen molar-refractivity contribution in [3.8, 4) is 56.2 Å². The van der Waals surface area contributed by atoms with Crippen LogP contribution in [0.2, 0.25) is 0 Å². The van der Waals surface area contributed by atoms with Crippen molar-refractivity contribution in [3.63, 3.8) is 0 Å². The Morgan fingerprint density at radius 2 is 0.869 bits per heavy atom. The molecule has 10 aromatic carbocycles. The third-order valence-electron chi connectivity index (χ3n) is 12.8. The molecule has 61 heavy (non-hydrogen) atoms. The molecule has 0 unspecified atom stereocenters. The molecule has 0 aliphatic heterocycles. The van der Waals surface area contributed by atoms with Crippen molar-refractivity contribution in [1.82, 2.24) is 9.97 Å². The maximum absolute atomic E-state index is 5.38. The fourth-order valence-electron chi connectivity index (χ4n) is 10.0. The second-order valence-electron chi connectivity index (χ2n) is 16.0. The third-order valence-corrected chi connectivity index (χ3v) is 12.8. The molecule has 0 saturated carbocycles. The topological polar surface area (TPSA) is 25.8 Å². The van der Waals surface area contributed by atoms with E-state index in [1.54, 1.807) is 0 Å². The molecule has 2 heteroatoms. The lowest BCUT2D eigenvalue weighted by molar-refractivity contribution is 0.768. The van der Waals surface area contributed by atoms with Gasteiger partial charge in [0.2, 0.25) is 0 Å². The minimum Gasteiger partial charge on any atom is -0.228 e. The highest BCUT2D eigenvalue weighted by Gasteiger charge is 2.46.